The van der Waals surface area contributed by atoms with Gasteiger partial charge in [0.05, 0.1) is 11.4 Å². The molecule has 0 aliphatic carbocycles. The fraction of sp³-hybridized carbons (Fsp3) is 0.150. The highest BCUT2D eigenvalue weighted by Gasteiger charge is 2.18. The maximum Gasteiger partial charge on any atom is 0.251 e. The number of rotatable bonds is 6. The molecule has 28 heavy (non-hydrogen) atoms. The van der Waals surface area contributed by atoms with Gasteiger partial charge in [0.25, 0.3) is 5.91 Å². The lowest BCUT2D eigenvalue weighted by atomic mass is 10.2. The largest absolute Gasteiger partial charge is 0.459 e. The first-order chi connectivity index (χ1) is 13.3. The highest BCUT2D eigenvalue weighted by molar-refractivity contribution is 7.89. The minimum atomic E-state index is -3.61. The van der Waals surface area contributed by atoms with Crippen LogP contribution in [0.3, 0.4) is 0 Å². The highest BCUT2D eigenvalue weighted by Crippen LogP contribution is 2.24. The second-order valence-corrected chi connectivity index (χ2v) is 8.86. The zero-order valence-corrected chi connectivity index (χ0v) is 16.9. The molecule has 1 amide bonds. The molecular weight excluding hydrogens is 400 g/mol. The van der Waals surface area contributed by atoms with Gasteiger partial charge in [-0.2, -0.15) is 0 Å². The van der Waals surface area contributed by atoms with Crippen LogP contribution in [-0.2, 0) is 16.6 Å². The van der Waals surface area contributed by atoms with E-state index in [2.05, 4.69) is 5.32 Å². The molecule has 1 aromatic heterocycles. The van der Waals surface area contributed by atoms with E-state index >= 15 is 0 Å². The molecule has 0 fully saturated rings. The van der Waals surface area contributed by atoms with Crippen LogP contribution in [0.15, 0.2) is 70.0 Å². The maximum absolute atomic E-state index is 12.4. The van der Waals surface area contributed by atoms with Crippen molar-refractivity contribution in [1.29, 1.82) is 0 Å². The van der Waals surface area contributed by atoms with E-state index in [-0.39, 0.29) is 22.9 Å². The first kappa shape index (κ1) is 20.1. The summed E-state index contributed by atoms with van der Waals surface area (Å²) in [4.78, 5) is 12.5. The number of hydrogen-bond acceptors (Lipinski definition) is 4. The summed E-state index contributed by atoms with van der Waals surface area (Å²) in [6.45, 7) is 0.178. The predicted octanol–water partition coefficient (Wildman–Crippen LogP) is 3.78. The lowest BCUT2D eigenvalue weighted by Crippen LogP contribution is -2.25. The van der Waals surface area contributed by atoms with Gasteiger partial charge in [0.1, 0.15) is 11.5 Å². The van der Waals surface area contributed by atoms with Crippen molar-refractivity contribution in [2.24, 2.45) is 0 Å². The van der Waals surface area contributed by atoms with Crippen LogP contribution < -0.4 is 5.32 Å². The summed E-state index contributed by atoms with van der Waals surface area (Å²) in [5.74, 6) is 0.857. The van der Waals surface area contributed by atoms with E-state index in [1.165, 1.54) is 32.3 Å². The van der Waals surface area contributed by atoms with E-state index in [1.54, 1.807) is 24.3 Å². The minimum absolute atomic E-state index is 0.0631. The molecule has 3 aromatic rings. The SMILES string of the molecule is CN(C)S(=O)(=O)c1cccc(C(=O)NCc2ccc(-c3ccc(Cl)cc3)o2)c1. The van der Waals surface area contributed by atoms with Crippen molar-refractivity contribution < 1.29 is 17.6 Å². The Bertz CT molecular complexity index is 1090. The fourth-order valence-corrected chi connectivity index (χ4v) is 3.59. The van der Waals surface area contributed by atoms with Gasteiger partial charge in [-0.05, 0) is 54.6 Å². The number of halogens is 1. The van der Waals surface area contributed by atoms with Crippen molar-refractivity contribution in [3.05, 3.63) is 77.0 Å². The quantitative estimate of drug-likeness (QED) is 0.660. The minimum Gasteiger partial charge on any atom is -0.459 e. The second kappa shape index (κ2) is 8.18. The third-order valence-corrected chi connectivity index (χ3v) is 6.15. The van der Waals surface area contributed by atoms with Gasteiger partial charge in [-0.1, -0.05) is 17.7 Å². The van der Waals surface area contributed by atoms with E-state index in [0.29, 0.717) is 16.5 Å². The summed E-state index contributed by atoms with van der Waals surface area (Å²) in [5, 5.41) is 3.37. The van der Waals surface area contributed by atoms with Crippen LogP contribution >= 0.6 is 11.6 Å². The van der Waals surface area contributed by atoms with Gasteiger partial charge in [-0.15, -0.1) is 0 Å². The smallest absolute Gasteiger partial charge is 0.251 e. The predicted molar refractivity (Wildman–Crippen MR) is 108 cm³/mol. The van der Waals surface area contributed by atoms with Gasteiger partial charge in [0.15, 0.2) is 0 Å². The molecule has 3 rings (SSSR count). The van der Waals surface area contributed by atoms with Gasteiger partial charge in [-0.3, -0.25) is 4.79 Å². The van der Waals surface area contributed by atoms with E-state index in [0.717, 1.165) is 9.87 Å². The Labute approximate surface area is 168 Å². The number of benzene rings is 2. The number of furan rings is 1. The normalized spacial score (nSPS) is 11.6. The Morgan fingerprint density at radius 3 is 2.46 bits per heavy atom. The molecule has 6 nitrogen and oxygen atoms in total. The molecule has 0 unspecified atom stereocenters. The fourth-order valence-electron chi connectivity index (χ4n) is 2.52. The number of nitrogens with zero attached hydrogens (tertiary/aromatic N) is 1. The van der Waals surface area contributed by atoms with Crippen LogP contribution in [0.2, 0.25) is 5.02 Å². The number of hydrogen-bond donors (Lipinski definition) is 1. The third-order valence-electron chi connectivity index (χ3n) is 4.09. The molecule has 0 aliphatic rings. The molecule has 0 saturated carbocycles. The van der Waals surface area contributed by atoms with Crippen LogP contribution in [0.1, 0.15) is 16.1 Å². The van der Waals surface area contributed by atoms with Gasteiger partial charge in [0.2, 0.25) is 10.0 Å². The summed E-state index contributed by atoms with van der Waals surface area (Å²) >= 11 is 5.89. The Morgan fingerprint density at radius 2 is 1.79 bits per heavy atom. The third kappa shape index (κ3) is 4.44. The van der Waals surface area contributed by atoms with Crippen LogP contribution in [0.5, 0.6) is 0 Å². The van der Waals surface area contributed by atoms with Crippen molar-refractivity contribution in [1.82, 2.24) is 9.62 Å². The van der Waals surface area contributed by atoms with Crippen molar-refractivity contribution in [2.75, 3.05) is 14.1 Å². The highest BCUT2D eigenvalue weighted by atomic mass is 35.5. The van der Waals surface area contributed by atoms with Gasteiger partial charge in [-0.25, -0.2) is 12.7 Å². The molecule has 0 saturated heterocycles. The molecule has 1 N–H and O–H groups in total. The van der Waals surface area contributed by atoms with Gasteiger partial charge >= 0.3 is 0 Å². The number of carbonyl (C=O) groups is 1. The van der Waals surface area contributed by atoms with Crippen molar-refractivity contribution in [2.45, 2.75) is 11.4 Å². The van der Waals surface area contributed by atoms with E-state index < -0.39 is 10.0 Å². The van der Waals surface area contributed by atoms with Crippen LogP contribution in [0.25, 0.3) is 11.3 Å². The summed E-state index contributed by atoms with van der Waals surface area (Å²) < 4.78 is 31.3. The molecule has 2 aromatic carbocycles. The molecule has 1 heterocycles. The van der Waals surface area contributed by atoms with E-state index in [9.17, 15) is 13.2 Å². The van der Waals surface area contributed by atoms with Crippen molar-refractivity contribution in [3.63, 3.8) is 0 Å². The Hall–Kier alpha value is -2.61. The summed E-state index contributed by atoms with van der Waals surface area (Å²) in [5.41, 5.74) is 1.14. The molecule has 8 heteroatoms. The van der Waals surface area contributed by atoms with Crippen LogP contribution in [0, 0.1) is 0 Å². The summed E-state index contributed by atoms with van der Waals surface area (Å²) in [6.07, 6.45) is 0. The standard InChI is InChI=1S/C20H19ClN2O4S/c1-23(2)28(25,26)18-5-3-4-15(12-18)20(24)22-13-17-10-11-19(27-17)14-6-8-16(21)9-7-14/h3-12H,13H2,1-2H3,(H,22,24). The molecule has 0 radical (unpaired) electrons. The lowest BCUT2D eigenvalue weighted by molar-refractivity contribution is 0.0948. The summed E-state index contributed by atoms with van der Waals surface area (Å²) in [7, 11) is -0.722. The topological polar surface area (TPSA) is 79.6 Å². The van der Waals surface area contributed by atoms with E-state index in [1.807, 2.05) is 18.2 Å². The van der Waals surface area contributed by atoms with Crippen LogP contribution in [0.4, 0.5) is 0 Å². The first-order valence-electron chi connectivity index (χ1n) is 8.43. The first-order valence-corrected chi connectivity index (χ1v) is 10.2. The Balaban J connectivity index is 1.69. The lowest BCUT2D eigenvalue weighted by Gasteiger charge is -2.12. The van der Waals surface area contributed by atoms with Crippen LogP contribution in [-0.4, -0.2) is 32.7 Å². The molecule has 0 aliphatic heterocycles. The maximum atomic E-state index is 12.4. The van der Waals surface area contributed by atoms with Crippen molar-refractivity contribution >= 4 is 27.5 Å². The molecular formula is C20H19ClN2O4S. The summed E-state index contributed by atoms with van der Waals surface area (Å²) in [6, 6.07) is 16.7. The molecule has 0 bridgehead atoms. The number of nitrogens with one attached hydrogen (secondary N) is 1. The molecule has 0 spiro atoms. The zero-order valence-electron chi connectivity index (χ0n) is 15.3. The Kier molecular flexibility index (Phi) is 5.88. The number of carbonyl (C=O) groups excluding carboxylic acids is 1. The average molecular weight is 419 g/mol. The van der Waals surface area contributed by atoms with Gasteiger partial charge in [0, 0.05) is 30.2 Å². The van der Waals surface area contributed by atoms with E-state index in [4.69, 9.17) is 16.0 Å². The number of sulfonamides is 1. The Morgan fingerprint density at radius 1 is 1.07 bits per heavy atom. The van der Waals surface area contributed by atoms with Crippen molar-refractivity contribution in [3.8, 4) is 11.3 Å². The average Bonchev–Trinajstić information content (AvgIpc) is 3.15. The molecule has 146 valence electrons. The number of amides is 1. The second-order valence-electron chi connectivity index (χ2n) is 6.27. The zero-order chi connectivity index (χ0) is 20.3. The van der Waals surface area contributed by atoms with Gasteiger partial charge < -0.3 is 9.73 Å². The monoisotopic (exact) mass is 418 g/mol. The molecule has 0 atom stereocenters.